The van der Waals surface area contributed by atoms with E-state index in [1.54, 1.807) is 0 Å². The molecule has 0 saturated carbocycles. The molecule has 0 N–H and O–H groups in total. The van der Waals surface area contributed by atoms with Gasteiger partial charge in [-0.1, -0.05) is 204 Å². The Morgan fingerprint density at radius 2 is 0.750 bits per heavy atom. The van der Waals surface area contributed by atoms with E-state index < -0.39 is 0 Å². The van der Waals surface area contributed by atoms with E-state index in [9.17, 15) is 0 Å². The van der Waals surface area contributed by atoms with Gasteiger partial charge in [0.25, 0.3) is 0 Å². The van der Waals surface area contributed by atoms with Crippen LogP contribution in [-0.4, -0.2) is 38.3 Å². The third-order valence-corrected chi connectivity index (χ3v) is 10.6. The van der Waals surface area contributed by atoms with Gasteiger partial charge < -0.3 is 9.64 Å². The normalized spacial score (nSPS) is 13.7. The zero-order valence-electron chi connectivity index (χ0n) is 36.4. The molecule has 0 spiro atoms. The lowest BCUT2D eigenvalue weighted by Crippen LogP contribution is -2.31. The molecule has 2 heteroatoms. The Labute approximate surface area is 329 Å². The third kappa shape index (κ3) is 41.6. The predicted molar refractivity (Wildman–Crippen MR) is 238 cm³/mol. The molecule has 52 heavy (non-hydrogen) atoms. The van der Waals surface area contributed by atoms with E-state index in [0.29, 0.717) is 6.10 Å². The van der Waals surface area contributed by atoms with Crippen LogP contribution >= 0.6 is 0 Å². The van der Waals surface area contributed by atoms with Crippen molar-refractivity contribution in [3.63, 3.8) is 0 Å². The topological polar surface area (TPSA) is 12.5 Å². The van der Waals surface area contributed by atoms with Crippen LogP contribution in [0.15, 0.2) is 48.6 Å². The van der Waals surface area contributed by atoms with E-state index in [1.165, 1.54) is 199 Å². The van der Waals surface area contributed by atoms with Crippen molar-refractivity contribution in [2.75, 3.05) is 27.2 Å². The first kappa shape index (κ1) is 50.9. The third-order valence-electron chi connectivity index (χ3n) is 10.6. The molecule has 2 nitrogen and oxygen atoms in total. The monoisotopic (exact) mass is 726 g/mol. The summed E-state index contributed by atoms with van der Waals surface area (Å²) in [6.07, 6.45) is 63.5. The van der Waals surface area contributed by atoms with Crippen molar-refractivity contribution < 1.29 is 4.74 Å². The van der Waals surface area contributed by atoms with Crippen molar-refractivity contribution in [1.82, 2.24) is 4.90 Å². The van der Waals surface area contributed by atoms with Crippen LogP contribution in [0.3, 0.4) is 0 Å². The highest BCUT2D eigenvalue weighted by Crippen LogP contribution is 2.25. The van der Waals surface area contributed by atoms with Crippen LogP contribution in [0.4, 0.5) is 0 Å². The average Bonchev–Trinajstić information content (AvgIpc) is 3.13. The summed E-state index contributed by atoms with van der Waals surface area (Å²) in [6.45, 7) is 8.89. The Bertz CT molecular complexity index is 779. The maximum atomic E-state index is 6.63. The van der Waals surface area contributed by atoms with Gasteiger partial charge in [-0.3, -0.25) is 0 Å². The van der Waals surface area contributed by atoms with Gasteiger partial charge in [0.05, 0.1) is 6.10 Å². The summed E-state index contributed by atoms with van der Waals surface area (Å²) < 4.78 is 6.63. The van der Waals surface area contributed by atoms with Crippen LogP contribution in [0.5, 0.6) is 0 Å². The Hall–Kier alpha value is -1.12. The van der Waals surface area contributed by atoms with Crippen molar-refractivity contribution in [2.45, 2.75) is 239 Å². The minimum atomic E-state index is 0.391. The van der Waals surface area contributed by atoms with Crippen LogP contribution in [0.25, 0.3) is 0 Å². The highest BCUT2D eigenvalue weighted by Gasteiger charge is 2.18. The molecule has 0 aromatic carbocycles. The number of hydrogen-bond donors (Lipinski definition) is 0. The summed E-state index contributed by atoms with van der Waals surface area (Å²) in [7, 11) is 4.45. The van der Waals surface area contributed by atoms with Crippen molar-refractivity contribution in [3.05, 3.63) is 48.6 Å². The first-order valence-electron chi connectivity index (χ1n) is 23.5. The van der Waals surface area contributed by atoms with Gasteiger partial charge in [-0.25, -0.2) is 0 Å². The van der Waals surface area contributed by atoms with Crippen molar-refractivity contribution >= 4 is 0 Å². The van der Waals surface area contributed by atoms with Gasteiger partial charge in [0.1, 0.15) is 0 Å². The van der Waals surface area contributed by atoms with Crippen LogP contribution in [0.1, 0.15) is 233 Å². The molecule has 0 fully saturated rings. The SMILES string of the molecule is CCCCC/C=C\C/C=C\CCCCCCCCOC(CC(CCCCCCCC)CCCCCCCC/C=C\C/C=C\CCCCC)CN(C)C. The van der Waals surface area contributed by atoms with Crippen LogP contribution in [0.2, 0.25) is 0 Å². The highest BCUT2D eigenvalue weighted by atomic mass is 16.5. The summed E-state index contributed by atoms with van der Waals surface area (Å²) >= 11 is 0. The van der Waals surface area contributed by atoms with E-state index in [4.69, 9.17) is 4.74 Å². The van der Waals surface area contributed by atoms with Gasteiger partial charge in [-0.2, -0.15) is 0 Å². The van der Waals surface area contributed by atoms with Gasteiger partial charge in [0, 0.05) is 13.2 Å². The van der Waals surface area contributed by atoms with E-state index >= 15 is 0 Å². The van der Waals surface area contributed by atoms with Gasteiger partial charge in [-0.15, -0.1) is 0 Å². The van der Waals surface area contributed by atoms with Crippen molar-refractivity contribution in [1.29, 1.82) is 0 Å². The minimum absolute atomic E-state index is 0.391. The number of ether oxygens (including phenoxy) is 1. The molecule has 0 aliphatic heterocycles. The van der Waals surface area contributed by atoms with E-state index in [1.807, 2.05) is 0 Å². The second kappa shape index (κ2) is 44.3. The molecule has 0 aromatic rings. The van der Waals surface area contributed by atoms with Crippen molar-refractivity contribution in [2.24, 2.45) is 5.92 Å². The molecule has 0 rings (SSSR count). The summed E-state index contributed by atoms with van der Waals surface area (Å²) in [5, 5.41) is 0. The second-order valence-corrected chi connectivity index (χ2v) is 16.4. The van der Waals surface area contributed by atoms with Crippen LogP contribution < -0.4 is 0 Å². The van der Waals surface area contributed by atoms with Crippen molar-refractivity contribution in [3.8, 4) is 0 Å². The fourth-order valence-corrected chi connectivity index (χ4v) is 7.33. The van der Waals surface area contributed by atoms with Crippen LogP contribution in [-0.2, 0) is 4.74 Å². The lowest BCUT2D eigenvalue weighted by Gasteiger charge is -2.26. The smallest absolute Gasteiger partial charge is 0.0704 e. The standard InChI is InChI=1S/C50H95NO/c1-6-9-12-15-18-20-22-24-26-28-30-32-34-36-39-42-45-49(44-41-38-17-14-11-8-3)47-50(48-51(4)5)52-46-43-40-37-35-33-31-29-27-25-23-21-19-16-13-10-7-2/h18-21,24-27,49-50H,6-17,22-23,28-48H2,1-5H3/b20-18-,21-19-,26-24-,27-25-. The zero-order valence-corrected chi connectivity index (χ0v) is 36.4. The lowest BCUT2D eigenvalue weighted by atomic mass is 9.89. The molecular formula is C50H95NO. The van der Waals surface area contributed by atoms with Gasteiger partial charge >= 0.3 is 0 Å². The quantitative estimate of drug-likeness (QED) is 0.0459. The molecule has 306 valence electrons. The Morgan fingerprint density at radius 3 is 1.17 bits per heavy atom. The Morgan fingerprint density at radius 1 is 0.404 bits per heavy atom. The minimum Gasteiger partial charge on any atom is -0.377 e. The maximum absolute atomic E-state index is 6.63. The van der Waals surface area contributed by atoms with Crippen LogP contribution in [0, 0.1) is 5.92 Å². The first-order chi connectivity index (χ1) is 25.6. The summed E-state index contributed by atoms with van der Waals surface area (Å²) in [6, 6.07) is 0. The number of allylic oxidation sites excluding steroid dienone is 8. The molecule has 0 aromatic heterocycles. The summed E-state index contributed by atoms with van der Waals surface area (Å²) in [5.74, 6) is 0.831. The predicted octanol–water partition coefficient (Wildman–Crippen LogP) is 16.7. The molecule has 0 heterocycles. The molecule has 0 radical (unpaired) electrons. The number of rotatable bonds is 42. The van der Waals surface area contributed by atoms with Gasteiger partial charge in [0.2, 0.25) is 0 Å². The summed E-state index contributed by atoms with van der Waals surface area (Å²) in [4.78, 5) is 2.35. The lowest BCUT2D eigenvalue weighted by molar-refractivity contribution is 0.0158. The van der Waals surface area contributed by atoms with Gasteiger partial charge in [0.15, 0.2) is 0 Å². The number of likely N-dealkylation sites (N-methyl/N-ethyl adjacent to an activating group) is 1. The largest absolute Gasteiger partial charge is 0.377 e. The molecule has 0 aliphatic rings. The molecule has 0 saturated heterocycles. The molecular weight excluding hydrogens is 631 g/mol. The first-order valence-corrected chi connectivity index (χ1v) is 23.5. The van der Waals surface area contributed by atoms with E-state index in [0.717, 1.165) is 31.9 Å². The fraction of sp³-hybridized carbons (Fsp3) is 0.840. The molecule has 2 atom stereocenters. The average molecular weight is 726 g/mol. The van der Waals surface area contributed by atoms with E-state index in [-0.39, 0.29) is 0 Å². The zero-order chi connectivity index (χ0) is 37.8. The van der Waals surface area contributed by atoms with Gasteiger partial charge in [-0.05, 0) is 97.1 Å². The molecule has 0 bridgehead atoms. The highest BCUT2D eigenvalue weighted by molar-refractivity contribution is 4.93. The number of hydrogen-bond acceptors (Lipinski definition) is 2. The Balaban J connectivity index is 4.29. The maximum Gasteiger partial charge on any atom is 0.0704 e. The van der Waals surface area contributed by atoms with E-state index in [2.05, 4.69) is 88.4 Å². The summed E-state index contributed by atoms with van der Waals surface area (Å²) in [5.41, 5.74) is 0. The molecule has 0 aliphatic carbocycles. The number of nitrogens with zero attached hydrogens (tertiary/aromatic N) is 1. The molecule has 2 unspecified atom stereocenters. The second-order valence-electron chi connectivity index (χ2n) is 16.4. The fourth-order valence-electron chi connectivity index (χ4n) is 7.33. The Kier molecular flexibility index (Phi) is 43.3. The molecule has 0 amide bonds. The number of unbranched alkanes of at least 4 members (excludes halogenated alkanes) is 23.